The van der Waals surface area contributed by atoms with Crippen LogP contribution in [0.2, 0.25) is 5.02 Å². The molecule has 0 saturated carbocycles. The lowest BCUT2D eigenvalue weighted by Crippen LogP contribution is -2.26. The Morgan fingerprint density at radius 2 is 1.64 bits per heavy atom. The lowest BCUT2D eigenvalue weighted by Gasteiger charge is -2.17. The summed E-state index contributed by atoms with van der Waals surface area (Å²) < 4.78 is 0. The van der Waals surface area contributed by atoms with Gasteiger partial charge in [0.25, 0.3) is 5.91 Å². The molecule has 0 bridgehead atoms. The van der Waals surface area contributed by atoms with Crippen LogP contribution in [0.25, 0.3) is 10.8 Å². The van der Waals surface area contributed by atoms with E-state index in [4.69, 9.17) is 11.6 Å². The summed E-state index contributed by atoms with van der Waals surface area (Å²) in [4.78, 5) is 14.3. The van der Waals surface area contributed by atoms with Crippen LogP contribution in [-0.4, -0.2) is 17.9 Å². The van der Waals surface area contributed by atoms with Crippen molar-refractivity contribution in [1.29, 1.82) is 0 Å². The zero-order valence-electron chi connectivity index (χ0n) is 12.3. The first-order chi connectivity index (χ1) is 10.6. The van der Waals surface area contributed by atoms with Gasteiger partial charge < -0.3 is 4.90 Å². The summed E-state index contributed by atoms with van der Waals surface area (Å²) in [5, 5.41) is 2.92. The summed E-state index contributed by atoms with van der Waals surface area (Å²) in [6, 6.07) is 21.4. The number of rotatable bonds is 3. The Hall–Kier alpha value is -2.32. The minimum atomic E-state index is 0.0145. The first kappa shape index (κ1) is 14.6. The van der Waals surface area contributed by atoms with Crippen LogP contribution in [0.3, 0.4) is 0 Å². The summed E-state index contributed by atoms with van der Waals surface area (Å²) >= 11 is 5.88. The zero-order valence-corrected chi connectivity index (χ0v) is 13.0. The van der Waals surface area contributed by atoms with E-state index in [2.05, 4.69) is 0 Å². The van der Waals surface area contributed by atoms with Crippen molar-refractivity contribution < 1.29 is 4.79 Å². The molecule has 22 heavy (non-hydrogen) atoms. The molecule has 0 radical (unpaired) electrons. The molecule has 1 amide bonds. The number of amides is 1. The van der Waals surface area contributed by atoms with Gasteiger partial charge in [-0.25, -0.2) is 0 Å². The molecule has 3 aromatic carbocycles. The number of halogens is 1. The second-order valence-electron chi connectivity index (χ2n) is 5.35. The molecule has 0 spiro atoms. The maximum atomic E-state index is 12.6. The van der Waals surface area contributed by atoms with Crippen molar-refractivity contribution in [1.82, 2.24) is 4.90 Å². The molecular weight excluding hydrogens is 294 g/mol. The molecule has 0 unspecified atom stereocenters. The van der Waals surface area contributed by atoms with Crippen LogP contribution in [0.5, 0.6) is 0 Å². The molecule has 0 fully saturated rings. The number of nitrogens with zero attached hydrogens (tertiary/aromatic N) is 1. The van der Waals surface area contributed by atoms with Crippen molar-refractivity contribution in [3.63, 3.8) is 0 Å². The van der Waals surface area contributed by atoms with E-state index in [1.165, 1.54) is 0 Å². The summed E-state index contributed by atoms with van der Waals surface area (Å²) in [6.45, 7) is 0.558. The third-order valence-electron chi connectivity index (χ3n) is 3.68. The number of benzene rings is 3. The Kier molecular flexibility index (Phi) is 4.12. The normalized spacial score (nSPS) is 10.6. The Morgan fingerprint density at radius 1 is 0.955 bits per heavy atom. The highest BCUT2D eigenvalue weighted by Crippen LogP contribution is 2.18. The molecule has 0 aliphatic heterocycles. The SMILES string of the molecule is CN(Cc1ccc(Cl)cc1)C(=O)c1ccc2ccccc2c1. The van der Waals surface area contributed by atoms with Gasteiger partial charge in [-0.3, -0.25) is 4.79 Å². The van der Waals surface area contributed by atoms with Crippen molar-refractivity contribution in [2.45, 2.75) is 6.54 Å². The van der Waals surface area contributed by atoms with Crippen molar-refractivity contribution in [2.24, 2.45) is 0 Å². The maximum Gasteiger partial charge on any atom is 0.253 e. The minimum absolute atomic E-state index is 0.0145. The average molecular weight is 310 g/mol. The van der Waals surface area contributed by atoms with E-state index in [-0.39, 0.29) is 5.91 Å². The van der Waals surface area contributed by atoms with E-state index in [1.54, 1.807) is 4.90 Å². The molecule has 0 atom stereocenters. The topological polar surface area (TPSA) is 20.3 Å². The number of fused-ring (bicyclic) bond motifs is 1. The second-order valence-corrected chi connectivity index (χ2v) is 5.79. The Balaban J connectivity index is 1.80. The van der Waals surface area contributed by atoms with E-state index in [0.717, 1.165) is 16.3 Å². The van der Waals surface area contributed by atoms with Crippen LogP contribution >= 0.6 is 11.6 Å². The Bertz CT molecular complexity index is 811. The molecule has 0 aromatic heterocycles. The Labute approximate surface area is 134 Å². The van der Waals surface area contributed by atoms with E-state index in [1.807, 2.05) is 73.8 Å². The zero-order chi connectivity index (χ0) is 15.5. The van der Waals surface area contributed by atoms with Gasteiger partial charge in [-0.15, -0.1) is 0 Å². The van der Waals surface area contributed by atoms with Gasteiger partial charge in [-0.05, 0) is 40.6 Å². The monoisotopic (exact) mass is 309 g/mol. The number of hydrogen-bond donors (Lipinski definition) is 0. The number of hydrogen-bond acceptors (Lipinski definition) is 1. The maximum absolute atomic E-state index is 12.6. The van der Waals surface area contributed by atoms with Gasteiger partial charge in [-0.1, -0.05) is 54.1 Å². The first-order valence-corrected chi connectivity index (χ1v) is 7.50. The third kappa shape index (κ3) is 3.12. The van der Waals surface area contributed by atoms with Crippen molar-refractivity contribution in [3.05, 3.63) is 82.9 Å². The smallest absolute Gasteiger partial charge is 0.253 e. The van der Waals surface area contributed by atoms with Gasteiger partial charge in [0.2, 0.25) is 0 Å². The van der Waals surface area contributed by atoms with Gasteiger partial charge in [0.1, 0.15) is 0 Å². The van der Waals surface area contributed by atoms with Crippen LogP contribution in [0.15, 0.2) is 66.7 Å². The van der Waals surface area contributed by atoms with Crippen LogP contribution in [-0.2, 0) is 6.54 Å². The highest BCUT2D eigenvalue weighted by Gasteiger charge is 2.12. The van der Waals surface area contributed by atoms with Crippen molar-refractivity contribution in [2.75, 3.05) is 7.05 Å². The van der Waals surface area contributed by atoms with Gasteiger partial charge in [0.15, 0.2) is 0 Å². The molecule has 0 N–H and O–H groups in total. The van der Waals surface area contributed by atoms with Crippen LogP contribution in [0.4, 0.5) is 0 Å². The summed E-state index contributed by atoms with van der Waals surface area (Å²) in [5.74, 6) is 0.0145. The fourth-order valence-electron chi connectivity index (χ4n) is 2.48. The largest absolute Gasteiger partial charge is 0.337 e. The van der Waals surface area contributed by atoms with Crippen LogP contribution in [0.1, 0.15) is 15.9 Å². The third-order valence-corrected chi connectivity index (χ3v) is 3.93. The summed E-state index contributed by atoms with van der Waals surface area (Å²) in [7, 11) is 1.81. The first-order valence-electron chi connectivity index (χ1n) is 7.12. The summed E-state index contributed by atoms with van der Waals surface area (Å²) in [6.07, 6.45) is 0. The van der Waals surface area contributed by atoms with Gasteiger partial charge in [0.05, 0.1) is 0 Å². The van der Waals surface area contributed by atoms with Gasteiger partial charge in [-0.2, -0.15) is 0 Å². The van der Waals surface area contributed by atoms with Crippen molar-refractivity contribution in [3.8, 4) is 0 Å². The molecule has 110 valence electrons. The minimum Gasteiger partial charge on any atom is -0.337 e. The fraction of sp³-hybridized carbons (Fsp3) is 0.105. The van der Waals surface area contributed by atoms with E-state index in [0.29, 0.717) is 17.1 Å². The lowest BCUT2D eigenvalue weighted by atomic mass is 10.1. The highest BCUT2D eigenvalue weighted by molar-refractivity contribution is 6.30. The molecule has 0 aliphatic carbocycles. The van der Waals surface area contributed by atoms with E-state index < -0.39 is 0 Å². The molecule has 0 heterocycles. The molecule has 2 nitrogen and oxygen atoms in total. The standard InChI is InChI=1S/C19H16ClNO/c1-21(13-14-6-10-18(20)11-7-14)19(22)17-9-8-15-4-2-3-5-16(15)12-17/h2-12H,13H2,1H3. The fourth-order valence-corrected chi connectivity index (χ4v) is 2.60. The highest BCUT2D eigenvalue weighted by atomic mass is 35.5. The number of carbonyl (C=O) groups is 1. The second kappa shape index (κ2) is 6.20. The van der Waals surface area contributed by atoms with E-state index >= 15 is 0 Å². The quantitative estimate of drug-likeness (QED) is 0.682. The molecule has 3 heteroatoms. The molecular formula is C19H16ClNO. The Morgan fingerprint density at radius 3 is 2.36 bits per heavy atom. The van der Waals surface area contributed by atoms with Gasteiger partial charge in [0, 0.05) is 24.2 Å². The molecule has 0 saturated heterocycles. The van der Waals surface area contributed by atoms with Crippen molar-refractivity contribution >= 4 is 28.3 Å². The van der Waals surface area contributed by atoms with Gasteiger partial charge >= 0.3 is 0 Å². The summed E-state index contributed by atoms with van der Waals surface area (Å²) in [5.41, 5.74) is 1.76. The predicted molar refractivity (Wildman–Crippen MR) is 91.2 cm³/mol. The number of carbonyl (C=O) groups excluding carboxylic acids is 1. The van der Waals surface area contributed by atoms with E-state index in [9.17, 15) is 4.79 Å². The predicted octanol–water partition coefficient (Wildman–Crippen LogP) is 4.77. The molecule has 3 aromatic rings. The van der Waals surface area contributed by atoms with Crippen LogP contribution in [0, 0.1) is 0 Å². The molecule has 3 rings (SSSR count). The molecule has 0 aliphatic rings. The lowest BCUT2D eigenvalue weighted by molar-refractivity contribution is 0.0785. The average Bonchev–Trinajstić information content (AvgIpc) is 2.55. The van der Waals surface area contributed by atoms with Crippen LogP contribution < -0.4 is 0 Å².